The van der Waals surface area contributed by atoms with Crippen molar-refractivity contribution < 1.29 is 14.6 Å². The molecule has 1 atom stereocenters. The Kier molecular flexibility index (Phi) is 2.63. The summed E-state index contributed by atoms with van der Waals surface area (Å²) in [5.41, 5.74) is 0. The standard InChI is InChI=1S/C6H13BN3O2/c1-9(2)10(7(11)12)5-3-4-8-6-10/h3-4,6,11-12H,5H2,1-2H3/q+1. The van der Waals surface area contributed by atoms with Crippen molar-refractivity contribution in [1.29, 1.82) is 0 Å². The first kappa shape index (κ1) is 9.40. The van der Waals surface area contributed by atoms with Crippen molar-refractivity contribution in [3.63, 3.8) is 0 Å². The van der Waals surface area contributed by atoms with Crippen LogP contribution in [-0.4, -0.2) is 53.8 Å². The predicted molar refractivity (Wildman–Crippen MR) is 46.6 cm³/mol. The van der Waals surface area contributed by atoms with E-state index >= 15 is 0 Å². The van der Waals surface area contributed by atoms with Crippen molar-refractivity contribution in [2.75, 3.05) is 20.6 Å². The van der Waals surface area contributed by atoms with Crippen LogP contribution in [0.1, 0.15) is 0 Å². The van der Waals surface area contributed by atoms with Gasteiger partial charge in [0.05, 0.1) is 0 Å². The molecule has 0 fully saturated rings. The maximum absolute atomic E-state index is 9.16. The first-order valence-electron chi connectivity index (χ1n) is 3.70. The van der Waals surface area contributed by atoms with Crippen LogP contribution < -0.4 is 0 Å². The highest BCUT2D eigenvalue weighted by Crippen LogP contribution is 2.10. The zero-order chi connectivity index (χ0) is 9.19. The monoisotopic (exact) mass is 170 g/mol. The number of quaternary nitrogens is 1. The summed E-state index contributed by atoms with van der Waals surface area (Å²) < 4.78 is -0.0729. The van der Waals surface area contributed by atoms with Gasteiger partial charge in [0.2, 0.25) is 0 Å². The second kappa shape index (κ2) is 3.36. The Morgan fingerprint density at radius 1 is 1.50 bits per heavy atom. The molecule has 0 aromatic carbocycles. The number of rotatable bonds is 2. The van der Waals surface area contributed by atoms with Crippen LogP contribution in [0.15, 0.2) is 17.3 Å². The fourth-order valence-electron chi connectivity index (χ4n) is 1.10. The molecular formula is C6H13BN3O2+. The molecule has 0 aromatic heterocycles. The lowest BCUT2D eigenvalue weighted by molar-refractivity contribution is -0.861. The van der Waals surface area contributed by atoms with Crippen molar-refractivity contribution in [1.82, 2.24) is 5.01 Å². The summed E-state index contributed by atoms with van der Waals surface area (Å²) in [5, 5.41) is 20.0. The highest BCUT2D eigenvalue weighted by Gasteiger charge is 2.45. The molecule has 1 aliphatic rings. The molecule has 1 unspecified atom stereocenters. The topological polar surface area (TPSA) is 56.1 Å². The molecule has 0 spiro atoms. The summed E-state index contributed by atoms with van der Waals surface area (Å²) in [7, 11) is 2.07. The highest BCUT2D eigenvalue weighted by atomic mass is 16.4. The Labute approximate surface area is 72.0 Å². The number of aliphatic imine (C=N–C) groups is 1. The van der Waals surface area contributed by atoms with Crippen LogP contribution in [0.5, 0.6) is 0 Å². The number of hydrogen-bond donors (Lipinski definition) is 2. The second-order valence-electron chi connectivity index (χ2n) is 2.91. The van der Waals surface area contributed by atoms with Gasteiger partial charge in [-0.25, -0.2) is 9.50 Å². The van der Waals surface area contributed by atoms with Crippen LogP contribution in [0, 0.1) is 0 Å². The minimum atomic E-state index is -1.46. The van der Waals surface area contributed by atoms with E-state index in [1.165, 1.54) is 6.34 Å². The predicted octanol–water partition coefficient (Wildman–Crippen LogP) is -1.20. The maximum Gasteiger partial charge on any atom is 0.781 e. The molecule has 0 amide bonds. The van der Waals surface area contributed by atoms with E-state index in [2.05, 4.69) is 4.99 Å². The smallest absolute Gasteiger partial charge is 0.368 e. The zero-order valence-corrected chi connectivity index (χ0v) is 7.25. The molecule has 0 saturated heterocycles. The van der Waals surface area contributed by atoms with Crippen molar-refractivity contribution >= 4 is 13.6 Å². The van der Waals surface area contributed by atoms with Gasteiger partial charge in [-0.05, 0) is 6.08 Å². The van der Waals surface area contributed by atoms with E-state index in [-0.39, 0.29) is 4.50 Å². The molecule has 0 aliphatic carbocycles. The van der Waals surface area contributed by atoms with Crippen molar-refractivity contribution in [3.05, 3.63) is 12.3 Å². The second-order valence-corrected chi connectivity index (χ2v) is 2.91. The fraction of sp³-hybridized carbons (Fsp3) is 0.500. The van der Waals surface area contributed by atoms with Crippen LogP contribution in [0.25, 0.3) is 0 Å². The quantitative estimate of drug-likeness (QED) is 0.512. The van der Waals surface area contributed by atoms with Crippen LogP contribution >= 0.6 is 0 Å². The minimum Gasteiger partial charge on any atom is -0.368 e. The summed E-state index contributed by atoms with van der Waals surface area (Å²) in [6.07, 6.45) is 4.94. The molecule has 6 heteroatoms. The molecule has 0 radical (unpaired) electrons. The van der Waals surface area contributed by atoms with Crippen molar-refractivity contribution in [2.45, 2.75) is 0 Å². The fourth-order valence-corrected chi connectivity index (χ4v) is 1.10. The summed E-state index contributed by atoms with van der Waals surface area (Å²) in [6.45, 7) is 0.508. The molecule has 66 valence electrons. The lowest BCUT2D eigenvalue weighted by atomic mass is 10.0. The zero-order valence-electron chi connectivity index (χ0n) is 7.25. The summed E-state index contributed by atoms with van der Waals surface area (Å²) in [4.78, 5) is 3.88. The summed E-state index contributed by atoms with van der Waals surface area (Å²) in [6, 6.07) is 0. The van der Waals surface area contributed by atoms with Gasteiger partial charge in [-0.1, -0.05) is 0 Å². The Hall–Kier alpha value is -0.685. The van der Waals surface area contributed by atoms with Crippen LogP contribution in [-0.2, 0) is 0 Å². The van der Waals surface area contributed by atoms with Crippen molar-refractivity contribution in [2.24, 2.45) is 4.99 Å². The molecule has 0 aromatic rings. The largest absolute Gasteiger partial charge is 0.781 e. The normalized spacial score (nSPS) is 28.1. The Morgan fingerprint density at radius 2 is 2.17 bits per heavy atom. The van der Waals surface area contributed by atoms with E-state index in [9.17, 15) is 0 Å². The van der Waals surface area contributed by atoms with Gasteiger partial charge in [-0.3, -0.25) is 0 Å². The molecule has 1 heterocycles. The van der Waals surface area contributed by atoms with Gasteiger partial charge in [0.1, 0.15) is 6.54 Å². The number of nitrogens with zero attached hydrogens (tertiary/aromatic N) is 3. The minimum absolute atomic E-state index is 0.0729. The van der Waals surface area contributed by atoms with E-state index in [1.807, 2.05) is 0 Å². The molecule has 5 nitrogen and oxygen atoms in total. The molecule has 1 rings (SSSR count). The Morgan fingerprint density at radius 3 is 2.42 bits per heavy atom. The molecule has 12 heavy (non-hydrogen) atoms. The lowest BCUT2D eigenvalue weighted by Crippen LogP contribution is -2.65. The third-order valence-electron chi connectivity index (χ3n) is 2.00. The first-order chi connectivity index (χ1) is 5.59. The third-order valence-corrected chi connectivity index (χ3v) is 2.00. The Balaban J connectivity index is 2.88. The van der Waals surface area contributed by atoms with Crippen LogP contribution in [0.2, 0.25) is 0 Å². The average molecular weight is 170 g/mol. The van der Waals surface area contributed by atoms with Crippen LogP contribution in [0.4, 0.5) is 0 Å². The summed E-state index contributed by atoms with van der Waals surface area (Å²) >= 11 is 0. The van der Waals surface area contributed by atoms with Gasteiger partial charge in [0.25, 0.3) is 0 Å². The molecule has 1 aliphatic heterocycles. The van der Waals surface area contributed by atoms with E-state index in [0.29, 0.717) is 6.54 Å². The van der Waals surface area contributed by atoms with Gasteiger partial charge in [0.15, 0.2) is 6.34 Å². The van der Waals surface area contributed by atoms with E-state index in [0.717, 1.165) is 0 Å². The lowest BCUT2D eigenvalue weighted by Gasteiger charge is -2.37. The molecule has 0 saturated carbocycles. The third kappa shape index (κ3) is 1.42. The average Bonchev–Trinajstić information content (AvgIpc) is 2.05. The molecule has 2 N–H and O–H groups in total. The van der Waals surface area contributed by atoms with Gasteiger partial charge in [-0.2, -0.15) is 5.01 Å². The summed E-state index contributed by atoms with van der Waals surface area (Å²) in [5.74, 6) is 0. The van der Waals surface area contributed by atoms with Crippen molar-refractivity contribution in [3.8, 4) is 0 Å². The molecular weight excluding hydrogens is 157 g/mol. The SMILES string of the molecule is CN(C)[N+]1(B(O)O)C=NC=CC1. The van der Waals surface area contributed by atoms with Crippen LogP contribution in [0.3, 0.4) is 0 Å². The maximum atomic E-state index is 9.16. The van der Waals surface area contributed by atoms with E-state index < -0.39 is 7.25 Å². The van der Waals surface area contributed by atoms with Gasteiger partial charge in [0, 0.05) is 20.3 Å². The van der Waals surface area contributed by atoms with Gasteiger partial charge >= 0.3 is 7.25 Å². The number of hydrogen-bond acceptors (Lipinski definition) is 4. The highest BCUT2D eigenvalue weighted by molar-refractivity contribution is 6.33. The first-order valence-corrected chi connectivity index (χ1v) is 3.70. The van der Waals surface area contributed by atoms with E-state index in [1.54, 1.807) is 31.4 Å². The van der Waals surface area contributed by atoms with Gasteiger partial charge in [-0.15, -0.1) is 0 Å². The van der Waals surface area contributed by atoms with Gasteiger partial charge < -0.3 is 10.0 Å². The Bertz CT molecular complexity index is 207. The molecule has 0 bridgehead atoms. The van der Waals surface area contributed by atoms with E-state index in [4.69, 9.17) is 10.0 Å².